The summed E-state index contributed by atoms with van der Waals surface area (Å²) in [6, 6.07) is 5.83. The smallest absolute Gasteiger partial charge is 0.227 e. The Morgan fingerprint density at radius 1 is 1.43 bits per heavy atom. The van der Waals surface area contributed by atoms with E-state index in [1.54, 1.807) is 6.07 Å². The van der Waals surface area contributed by atoms with E-state index in [1.807, 2.05) is 13.0 Å². The van der Waals surface area contributed by atoms with Crippen molar-refractivity contribution < 1.29 is 4.79 Å². The quantitative estimate of drug-likeness (QED) is 0.773. The van der Waals surface area contributed by atoms with Gasteiger partial charge in [-0.25, -0.2) is 4.98 Å². The van der Waals surface area contributed by atoms with Crippen LogP contribution in [0.25, 0.3) is 0 Å². The zero-order chi connectivity index (χ0) is 16.7. The first-order chi connectivity index (χ1) is 11.1. The monoisotopic (exact) mass is 347 g/mol. The lowest BCUT2D eigenvalue weighted by Crippen LogP contribution is -2.12. The number of aromatic nitrogens is 3. The fraction of sp³-hybridized carbons (Fsp3) is 0.400. The van der Waals surface area contributed by atoms with Crippen molar-refractivity contribution in [3.8, 4) is 6.07 Å². The van der Waals surface area contributed by atoms with Crippen LogP contribution in [0, 0.1) is 18.3 Å². The molecule has 0 aromatic carbocycles. The van der Waals surface area contributed by atoms with Crippen LogP contribution >= 0.6 is 23.1 Å². The molecule has 2 rings (SSSR count). The van der Waals surface area contributed by atoms with Crippen molar-refractivity contribution in [1.82, 2.24) is 15.2 Å². The van der Waals surface area contributed by atoms with E-state index in [4.69, 9.17) is 5.26 Å². The molecule has 0 fully saturated rings. The predicted molar refractivity (Wildman–Crippen MR) is 91.6 cm³/mol. The Hall–Kier alpha value is -1.98. The lowest BCUT2D eigenvalue weighted by Gasteiger charge is -2.06. The van der Waals surface area contributed by atoms with E-state index in [2.05, 4.69) is 33.5 Å². The van der Waals surface area contributed by atoms with Gasteiger partial charge in [-0.15, -0.1) is 22.0 Å². The first-order valence-corrected chi connectivity index (χ1v) is 9.05. The molecule has 2 aromatic heterocycles. The van der Waals surface area contributed by atoms with Crippen LogP contribution in [0.3, 0.4) is 0 Å². The van der Waals surface area contributed by atoms with Gasteiger partial charge in [0.2, 0.25) is 11.0 Å². The van der Waals surface area contributed by atoms with Gasteiger partial charge in [0.15, 0.2) is 0 Å². The molecule has 0 atom stereocenters. The first kappa shape index (κ1) is 17.4. The molecule has 0 bridgehead atoms. The number of carbonyl (C=O) groups is 1. The molecule has 0 aliphatic rings. The van der Waals surface area contributed by atoms with Gasteiger partial charge in [-0.05, 0) is 25.5 Å². The Kier molecular flexibility index (Phi) is 6.50. The number of hydrogen-bond donors (Lipinski definition) is 1. The minimum Gasteiger partial charge on any atom is -0.301 e. The number of thioether (sulfide) groups is 1. The van der Waals surface area contributed by atoms with Crippen LogP contribution < -0.4 is 5.32 Å². The molecule has 0 saturated heterocycles. The van der Waals surface area contributed by atoms with Crippen molar-refractivity contribution in [3.05, 3.63) is 28.4 Å². The van der Waals surface area contributed by atoms with Crippen molar-refractivity contribution >= 4 is 34.1 Å². The van der Waals surface area contributed by atoms with Crippen LogP contribution in [-0.2, 0) is 11.2 Å². The Morgan fingerprint density at radius 2 is 2.26 bits per heavy atom. The summed E-state index contributed by atoms with van der Waals surface area (Å²) in [5.74, 6) is 0.442. The summed E-state index contributed by atoms with van der Waals surface area (Å²) in [5.41, 5.74) is 1.53. The zero-order valence-electron chi connectivity index (χ0n) is 13.0. The highest BCUT2D eigenvalue weighted by atomic mass is 32.2. The number of carbonyl (C=O) groups excluding carboxylic acids is 1. The molecule has 0 unspecified atom stereocenters. The summed E-state index contributed by atoms with van der Waals surface area (Å²) in [6.07, 6.45) is 2.22. The van der Waals surface area contributed by atoms with Crippen molar-refractivity contribution in [2.24, 2.45) is 0 Å². The number of rotatable bonds is 7. The molecule has 2 heterocycles. The molecule has 2 aromatic rings. The minimum atomic E-state index is -0.114. The van der Waals surface area contributed by atoms with Gasteiger partial charge >= 0.3 is 0 Å². The molecule has 0 aliphatic carbocycles. The highest BCUT2D eigenvalue weighted by Gasteiger charge is 2.10. The molecule has 0 aliphatic heterocycles. The number of nitrogens with zero attached hydrogens (tertiary/aromatic N) is 4. The number of hydrogen-bond acceptors (Lipinski definition) is 7. The first-order valence-electron chi connectivity index (χ1n) is 7.25. The highest BCUT2D eigenvalue weighted by molar-refractivity contribution is 7.99. The summed E-state index contributed by atoms with van der Waals surface area (Å²) in [7, 11) is 0. The maximum absolute atomic E-state index is 11.9. The normalized spacial score (nSPS) is 10.3. The Labute approximate surface area is 143 Å². The molecule has 120 valence electrons. The second-order valence-corrected chi connectivity index (χ2v) is 7.06. The van der Waals surface area contributed by atoms with E-state index in [0.29, 0.717) is 27.9 Å². The molecule has 6 nitrogen and oxygen atoms in total. The lowest BCUT2D eigenvalue weighted by molar-refractivity contribution is -0.115. The number of nitrogens with one attached hydrogen (secondary N) is 1. The van der Waals surface area contributed by atoms with Crippen LogP contribution in [0.15, 0.2) is 17.2 Å². The van der Waals surface area contributed by atoms with Crippen molar-refractivity contribution in [3.63, 3.8) is 0 Å². The Morgan fingerprint density at radius 3 is 2.91 bits per heavy atom. The molecular weight excluding hydrogens is 330 g/mol. The summed E-state index contributed by atoms with van der Waals surface area (Å²) in [5, 5.41) is 21.6. The van der Waals surface area contributed by atoms with Crippen molar-refractivity contribution in [1.29, 1.82) is 5.26 Å². The zero-order valence-corrected chi connectivity index (χ0v) is 14.6. The van der Waals surface area contributed by atoms with Gasteiger partial charge < -0.3 is 5.32 Å². The molecule has 8 heteroatoms. The molecule has 1 N–H and O–H groups in total. The van der Waals surface area contributed by atoms with Gasteiger partial charge in [0.05, 0.1) is 5.56 Å². The highest BCUT2D eigenvalue weighted by Crippen LogP contribution is 2.22. The SMILES string of the molecule is CCCc1ccc(C#N)c(SCCC(=O)Nc2nnc(C)s2)n1. The van der Waals surface area contributed by atoms with Gasteiger partial charge in [0.25, 0.3) is 0 Å². The summed E-state index contributed by atoms with van der Waals surface area (Å²) >= 11 is 2.77. The third-order valence-corrected chi connectivity index (χ3v) is 4.63. The van der Waals surface area contributed by atoms with Gasteiger partial charge in [-0.1, -0.05) is 24.7 Å². The lowest BCUT2D eigenvalue weighted by atomic mass is 10.2. The van der Waals surface area contributed by atoms with E-state index in [0.717, 1.165) is 23.5 Å². The third-order valence-electron chi connectivity index (χ3n) is 2.88. The molecule has 0 radical (unpaired) electrons. The van der Waals surface area contributed by atoms with Crippen LogP contribution in [0.4, 0.5) is 5.13 Å². The number of aryl methyl sites for hydroxylation is 2. The fourth-order valence-electron chi connectivity index (χ4n) is 1.84. The Bertz CT molecular complexity index is 723. The van der Waals surface area contributed by atoms with E-state index in [-0.39, 0.29) is 5.91 Å². The molecule has 0 saturated carbocycles. The largest absolute Gasteiger partial charge is 0.301 e. The van der Waals surface area contributed by atoms with Gasteiger partial charge in [-0.3, -0.25) is 4.79 Å². The van der Waals surface area contributed by atoms with E-state index >= 15 is 0 Å². The summed E-state index contributed by atoms with van der Waals surface area (Å²) in [4.78, 5) is 16.4. The molecule has 1 amide bonds. The average Bonchev–Trinajstić information content (AvgIpc) is 2.93. The van der Waals surface area contributed by atoms with Crippen LogP contribution in [0.2, 0.25) is 0 Å². The van der Waals surface area contributed by atoms with E-state index < -0.39 is 0 Å². The van der Waals surface area contributed by atoms with E-state index in [1.165, 1.54) is 23.1 Å². The summed E-state index contributed by atoms with van der Waals surface area (Å²) in [6.45, 7) is 3.92. The summed E-state index contributed by atoms with van der Waals surface area (Å²) < 4.78 is 0. The second kappa shape index (κ2) is 8.60. The van der Waals surface area contributed by atoms with Crippen LogP contribution in [-0.4, -0.2) is 26.8 Å². The predicted octanol–water partition coefficient (Wildman–Crippen LogP) is 3.19. The van der Waals surface area contributed by atoms with Gasteiger partial charge in [0, 0.05) is 17.9 Å². The molecule has 0 spiro atoms. The van der Waals surface area contributed by atoms with Crippen LogP contribution in [0.1, 0.15) is 36.0 Å². The van der Waals surface area contributed by atoms with Gasteiger partial charge in [-0.2, -0.15) is 5.26 Å². The van der Waals surface area contributed by atoms with Crippen molar-refractivity contribution in [2.75, 3.05) is 11.1 Å². The molecular formula is C15H17N5OS2. The number of nitriles is 1. The standard InChI is InChI=1S/C15H17N5OS2/c1-3-4-12-6-5-11(9-16)14(17-12)22-8-7-13(21)18-15-20-19-10(2)23-15/h5-6H,3-4,7-8H2,1-2H3,(H,18,20,21). The fourth-order valence-corrected chi connectivity index (χ4v) is 3.38. The second-order valence-electron chi connectivity index (χ2n) is 4.79. The molecule has 23 heavy (non-hydrogen) atoms. The van der Waals surface area contributed by atoms with Crippen LogP contribution in [0.5, 0.6) is 0 Å². The maximum atomic E-state index is 11.9. The van der Waals surface area contributed by atoms with E-state index in [9.17, 15) is 4.79 Å². The number of anilines is 1. The van der Waals surface area contributed by atoms with Gasteiger partial charge in [0.1, 0.15) is 16.1 Å². The average molecular weight is 347 g/mol. The topological polar surface area (TPSA) is 91.6 Å². The van der Waals surface area contributed by atoms with Crippen molar-refractivity contribution in [2.45, 2.75) is 38.1 Å². The number of amides is 1. The third kappa shape index (κ3) is 5.30. The number of pyridine rings is 1. The Balaban J connectivity index is 1.89. The minimum absolute atomic E-state index is 0.114. The maximum Gasteiger partial charge on any atom is 0.227 e.